The van der Waals surface area contributed by atoms with E-state index in [0.717, 1.165) is 48.2 Å². The van der Waals surface area contributed by atoms with Crippen LogP contribution in [0.25, 0.3) is 5.69 Å². The minimum absolute atomic E-state index is 0.100. The van der Waals surface area contributed by atoms with E-state index in [0.29, 0.717) is 13.0 Å². The molecule has 1 N–H and O–H groups in total. The van der Waals surface area contributed by atoms with Crippen LogP contribution in [0.1, 0.15) is 67.6 Å². The van der Waals surface area contributed by atoms with Gasteiger partial charge in [-0.15, -0.1) is 5.10 Å². The number of amides is 3. The van der Waals surface area contributed by atoms with Gasteiger partial charge in [0.2, 0.25) is 11.8 Å². The molecule has 4 bridgehead atoms. The van der Waals surface area contributed by atoms with Crippen molar-refractivity contribution in [2.75, 3.05) is 18.4 Å². The summed E-state index contributed by atoms with van der Waals surface area (Å²) in [6, 6.07) is 16.2. The zero-order valence-electron chi connectivity index (χ0n) is 24.0. The summed E-state index contributed by atoms with van der Waals surface area (Å²) in [4.78, 5) is 45.2. The van der Waals surface area contributed by atoms with Gasteiger partial charge in [-0.2, -0.15) is 5.26 Å². The fourth-order valence-corrected chi connectivity index (χ4v) is 6.63. The van der Waals surface area contributed by atoms with Gasteiger partial charge in [-0.05, 0) is 60.9 Å². The number of aryl methyl sites for hydroxylation is 1. The van der Waals surface area contributed by atoms with Crippen LogP contribution in [-0.4, -0.2) is 67.7 Å². The molecule has 1 aromatic heterocycles. The number of nitrogens with one attached hydrogen (secondary N) is 1. The number of fused-ring (bicyclic) bond motifs is 2. The molecule has 3 aromatic rings. The lowest BCUT2D eigenvalue weighted by atomic mass is 9.79. The van der Waals surface area contributed by atoms with E-state index in [1.165, 1.54) is 0 Å². The van der Waals surface area contributed by atoms with Gasteiger partial charge in [-0.1, -0.05) is 55.8 Å². The number of carbonyl (C=O) groups is 3. The van der Waals surface area contributed by atoms with Crippen LogP contribution in [0.4, 0.5) is 5.69 Å². The molecule has 3 amide bonds. The van der Waals surface area contributed by atoms with Crippen LogP contribution in [0.5, 0.6) is 0 Å². The van der Waals surface area contributed by atoms with E-state index >= 15 is 0 Å². The van der Waals surface area contributed by atoms with Crippen molar-refractivity contribution < 1.29 is 14.4 Å². The van der Waals surface area contributed by atoms with Crippen LogP contribution in [0.2, 0.25) is 0 Å². The van der Waals surface area contributed by atoms with Crippen molar-refractivity contribution in [3.05, 3.63) is 71.5 Å². The lowest BCUT2D eigenvalue weighted by Gasteiger charge is -2.35. The summed E-state index contributed by atoms with van der Waals surface area (Å²) >= 11 is 0. The normalized spacial score (nSPS) is 24.0. The van der Waals surface area contributed by atoms with Gasteiger partial charge < -0.3 is 15.1 Å². The number of anilines is 1. The van der Waals surface area contributed by atoms with Gasteiger partial charge in [-0.3, -0.25) is 14.4 Å². The van der Waals surface area contributed by atoms with Crippen molar-refractivity contribution >= 4 is 23.4 Å². The Hall–Kier alpha value is -4.52. The van der Waals surface area contributed by atoms with E-state index in [9.17, 15) is 19.6 Å². The van der Waals surface area contributed by atoms with Gasteiger partial charge in [0.25, 0.3) is 5.91 Å². The Morgan fingerprint density at radius 3 is 2.71 bits per heavy atom. The Kier molecular flexibility index (Phi) is 7.27. The molecule has 3 aliphatic rings. The lowest BCUT2D eigenvalue weighted by Crippen LogP contribution is -2.53. The quantitative estimate of drug-likeness (QED) is 0.512. The van der Waals surface area contributed by atoms with E-state index in [-0.39, 0.29) is 42.3 Å². The van der Waals surface area contributed by atoms with E-state index in [1.54, 1.807) is 20.7 Å². The summed E-state index contributed by atoms with van der Waals surface area (Å²) in [5.74, 6) is -0.742. The molecule has 42 heavy (non-hydrogen) atoms. The van der Waals surface area contributed by atoms with Gasteiger partial charge >= 0.3 is 0 Å². The van der Waals surface area contributed by atoms with E-state index in [4.69, 9.17) is 0 Å². The molecule has 0 saturated carbocycles. The van der Waals surface area contributed by atoms with Crippen LogP contribution < -0.4 is 5.32 Å². The molecule has 216 valence electrons. The molecule has 1 spiro atoms. The van der Waals surface area contributed by atoms with E-state index < -0.39 is 17.5 Å². The monoisotopic (exact) mass is 565 g/mol. The van der Waals surface area contributed by atoms with Crippen molar-refractivity contribution in [2.45, 2.75) is 69.9 Å². The fraction of sp³-hybridized carbons (Fsp3) is 0.438. The number of aromatic nitrogens is 3. The SMILES string of the molecule is CC(C)C[C@H]1C(=O)N2C[C@]3(C[C@H]2C#N)C(=O)Nc2ccc(cc23)CCCCCN1C(=O)c1cn(-c2ccccc2)nn1. The third-order valence-corrected chi connectivity index (χ3v) is 8.79. The van der Waals surface area contributed by atoms with Crippen LogP contribution >= 0.6 is 0 Å². The highest BCUT2D eigenvalue weighted by atomic mass is 16.2. The third-order valence-electron chi connectivity index (χ3n) is 8.79. The Bertz CT molecular complexity index is 1560. The van der Waals surface area contributed by atoms with Crippen LogP contribution in [0.15, 0.2) is 54.7 Å². The molecule has 10 nitrogen and oxygen atoms in total. The molecule has 0 radical (unpaired) electrons. The molecular formula is C32H35N7O3. The number of rotatable bonds is 4. The maximum Gasteiger partial charge on any atom is 0.276 e. The van der Waals surface area contributed by atoms with Gasteiger partial charge in [0, 0.05) is 25.2 Å². The highest BCUT2D eigenvalue weighted by Gasteiger charge is 2.57. The topological polar surface area (TPSA) is 124 Å². The van der Waals surface area contributed by atoms with Gasteiger partial charge in [0.15, 0.2) is 5.69 Å². The highest BCUT2D eigenvalue weighted by Crippen LogP contribution is 2.47. The first kappa shape index (κ1) is 27.6. The smallest absolute Gasteiger partial charge is 0.276 e. The lowest BCUT2D eigenvalue weighted by molar-refractivity contribution is -0.137. The molecule has 0 aliphatic carbocycles. The van der Waals surface area contributed by atoms with Crippen molar-refractivity contribution in [2.24, 2.45) is 5.92 Å². The third kappa shape index (κ3) is 4.83. The molecular weight excluding hydrogens is 530 g/mol. The second kappa shape index (κ2) is 11.0. The average molecular weight is 566 g/mol. The van der Waals surface area contributed by atoms with Crippen molar-refractivity contribution in [3.8, 4) is 11.8 Å². The van der Waals surface area contributed by atoms with E-state index in [2.05, 4.69) is 27.8 Å². The van der Waals surface area contributed by atoms with Gasteiger partial charge in [0.05, 0.1) is 23.4 Å². The first-order chi connectivity index (χ1) is 20.3. The average Bonchev–Trinajstić information content (AvgIpc) is 3.70. The summed E-state index contributed by atoms with van der Waals surface area (Å²) < 4.78 is 1.55. The van der Waals surface area contributed by atoms with Crippen molar-refractivity contribution in [3.63, 3.8) is 0 Å². The maximum absolute atomic E-state index is 14.5. The second-order valence-electron chi connectivity index (χ2n) is 12.1. The first-order valence-electron chi connectivity index (χ1n) is 14.7. The fourth-order valence-electron chi connectivity index (χ4n) is 6.63. The standard InChI is InChI=1S/C32H35N7O3/c1-21(2)15-28-30(41)38-20-32(17-24(38)18-33)25-16-22(12-13-26(25)34-31(32)42)9-5-4-8-14-37(28)29(40)27-19-39(36-35-27)23-10-6-3-7-11-23/h3,6-7,10-13,16,19,21,24,28H,4-5,8-9,14-15,17,20H2,1-2H3,(H,34,42)/t24-,28-,32-/m0/s1. The van der Waals surface area contributed by atoms with Gasteiger partial charge in [-0.25, -0.2) is 4.68 Å². The highest BCUT2D eigenvalue weighted by molar-refractivity contribution is 6.07. The van der Waals surface area contributed by atoms with Crippen molar-refractivity contribution in [1.82, 2.24) is 24.8 Å². The molecule has 0 unspecified atom stereocenters. The number of hydrogen-bond acceptors (Lipinski definition) is 6. The molecule has 10 heteroatoms. The molecule has 2 aromatic carbocycles. The predicted octanol–water partition coefficient (Wildman–Crippen LogP) is 3.87. The van der Waals surface area contributed by atoms with E-state index in [1.807, 2.05) is 56.3 Å². The molecule has 1 saturated heterocycles. The Labute approximate surface area is 245 Å². The number of para-hydroxylation sites is 1. The summed E-state index contributed by atoms with van der Waals surface area (Å²) in [5.41, 5.74) is 2.69. The van der Waals surface area contributed by atoms with Gasteiger partial charge in [0.1, 0.15) is 12.1 Å². The Balaban J connectivity index is 1.39. The number of nitrogens with zero attached hydrogens (tertiary/aromatic N) is 6. The molecule has 4 heterocycles. The summed E-state index contributed by atoms with van der Waals surface area (Å²) in [6.45, 7) is 4.51. The zero-order chi connectivity index (χ0) is 29.4. The molecule has 1 fully saturated rings. The molecule has 3 aliphatic heterocycles. The predicted molar refractivity (Wildman–Crippen MR) is 156 cm³/mol. The minimum atomic E-state index is -0.985. The van der Waals surface area contributed by atoms with Crippen molar-refractivity contribution in [1.29, 1.82) is 5.26 Å². The first-order valence-corrected chi connectivity index (χ1v) is 14.7. The van der Waals surface area contributed by atoms with Crippen LogP contribution in [0.3, 0.4) is 0 Å². The largest absolute Gasteiger partial charge is 0.325 e. The Morgan fingerprint density at radius 2 is 1.95 bits per heavy atom. The molecule has 3 atom stereocenters. The number of nitriles is 1. The van der Waals surface area contributed by atoms with Crippen LogP contribution in [-0.2, 0) is 21.4 Å². The zero-order valence-corrected chi connectivity index (χ0v) is 24.0. The minimum Gasteiger partial charge on any atom is -0.325 e. The second-order valence-corrected chi connectivity index (χ2v) is 12.1. The number of hydrogen-bond donors (Lipinski definition) is 1. The summed E-state index contributed by atoms with van der Waals surface area (Å²) in [7, 11) is 0. The summed E-state index contributed by atoms with van der Waals surface area (Å²) in [5, 5.41) is 21.6. The number of benzene rings is 2. The molecule has 6 rings (SSSR count). The van der Waals surface area contributed by atoms with Crippen LogP contribution in [0, 0.1) is 17.2 Å². The summed E-state index contributed by atoms with van der Waals surface area (Å²) in [6.07, 6.45) is 5.59. The number of carbonyl (C=O) groups excluding carboxylic acids is 3. The maximum atomic E-state index is 14.5. The Morgan fingerprint density at radius 1 is 1.14 bits per heavy atom.